The van der Waals surface area contributed by atoms with E-state index in [4.69, 9.17) is 0 Å². The Morgan fingerprint density at radius 3 is 2.43 bits per heavy atom. The minimum atomic E-state index is -4.26. The van der Waals surface area contributed by atoms with Gasteiger partial charge in [-0.1, -0.05) is 12.5 Å². The maximum atomic E-state index is 12.8. The third-order valence-electron chi connectivity index (χ3n) is 5.46. The van der Waals surface area contributed by atoms with Crippen molar-refractivity contribution < 1.29 is 13.2 Å². The van der Waals surface area contributed by atoms with E-state index in [-0.39, 0.29) is 6.04 Å². The molecule has 4 unspecified atom stereocenters. The van der Waals surface area contributed by atoms with Crippen LogP contribution in [0.15, 0.2) is 18.2 Å². The van der Waals surface area contributed by atoms with Crippen LogP contribution in [-0.2, 0) is 6.18 Å². The number of alkyl halides is 3. The normalized spacial score (nSPS) is 29.9. The van der Waals surface area contributed by atoms with Gasteiger partial charge in [0.25, 0.3) is 0 Å². The molecule has 2 aliphatic rings. The van der Waals surface area contributed by atoms with Gasteiger partial charge in [-0.2, -0.15) is 13.2 Å². The largest absolute Gasteiger partial charge is 0.416 e. The second-order valence-corrected chi connectivity index (χ2v) is 6.67. The number of rotatable bonds is 3. The maximum Gasteiger partial charge on any atom is 0.416 e. The number of nitrogens with one attached hydrogen (secondary N) is 1. The zero-order valence-electron chi connectivity index (χ0n) is 12.5. The highest BCUT2D eigenvalue weighted by molar-refractivity contribution is 5.35. The first-order valence-electron chi connectivity index (χ1n) is 7.75. The van der Waals surface area contributed by atoms with Crippen LogP contribution in [0.1, 0.15) is 48.4 Å². The molecule has 0 heterocycles. The van der Waals surface area contributed by atoms with Gasteiger partial charge < -0.3 is 5.32 Å². The molecule has 3 rings (SSSR count). The molecule has 116 valence electrons. The molecule has 2 bridgehead atoms. The SMILES string of the molecule is CNC(c1ccc(C(F)(F)F)cc1C)C1CC2CCC1C2. The molecular weight excluding hydrogens is 275 g/mol. The topological polar surface area (TPSA) is 12.0 Å². The summed E-state index contributed by atoms with van der Waals surface area (Å²) in [6.07, 6.45) is 0.890. The first-order valence-corrected chi connectivity index (χ1v) is 7.75. The third-order valence-corrected chi connectivity index (χ3v) is 5.46. The van der Waals surface area contributed by atoms with Gasteiger partial charge in [0.05, 0.1) is 5.56 Å². The summed E-state index contributed by atoms with van der Waals surface area (Å²) in [5.41, 5.74) is 1.22. The summed E-state index contributed by atoms with van der Waals surface area (Å²) in [7, 11) is 1.92. The highest BCUT2D eigenvalue weighted by Gasteiger charge is 2.43. The van der Waals surface area contributed by atoms with Gasteiger partial charge in [-0.25, -0.2) is 0 Å². The predicted octanol–water partition coefficient (Wildman–Crippen LogP) is 4.71. The van der Waals surface area contributed by atoms with Crippen molar-refractivity contribution in [2.45, 2.75) is 44.8 Å². The van der Waals surface area contributed by atoms with Crippen LogP contribution in [0, 0.1) is 24.7 Å². The fraction of sp³-hybridized carbons (Fsp3) is 0.647. The van der Waals surface area contributed by atoms with Crippen LogP contribution in [0.4, 0.5) is 13.2 Å². The summed E-state index contributed by atoms with van der Waals surface area (Å²) in [4.78, 5) is 0. The number of aryl methyl sites for hydroxylation is 1. The molecule has 0 saturated heterocycles. The summed E-state index contributed by atoms with van der Waals surface area (Å²) in [6, 6.07) is 4.36. The van der Waals surface area contributed by atoms with Gasteiger partial charge in [-0.15, -0.1) is 0 Å². The predicted molar refractivity (Wildman–Crippen MR) is 76.9 cm³/mol. The second-order valence-electron chi connectivity index (χ2n) is 6.67. The number of hydrogen-bond donors (Lipinski definition) is 1. The van der Waals surface area contributed by atoms with Gasteiger partial charge in [0.1, 0.15) is 0 Å². The van der Waals surface area contributed by atoms with Crippen LogP contribution in [0.3, 0.4) is 0 Å². The average molecular weight is 297 g/mol. The van der Waals surface area contributed by atoms with E-state index in [0.29, 0.717) is 5.92 Å². The van der Waals surface area contributed by atoms with Gasteiger partial charge >= 0.3 is 6.18 Å². The second kappa shape index (κ2) is 5.31. The molecular formula is C17H22F3N. The molecule has 0 radical (unpaired) electrons. The Balaban J connectivity index is 1.87. The van der Waals surface area contributed by atoms with Crippen molar-refractivity contribution >= 4 is 0 Å². The van der Waals surface area contributed by atoms with Crippen LogP contribution < -0.4 is 5.32 Å². The van der Waals surface area contributed by atoms with E-state index in [2.05, 4.69) is 5.32 Å². The molecule has 2 saturated carbocycles. The van der Waals surface area contributed by atoms with Gasteiger partial charge in [0.2, 0.25) is 0 Å². The maximum absolute atomic E-state index is 12.8. The Kier molecular flexibility index (Phi) is 3.76. The molecule has 21 heavy (non-hydrogen) atoms. The lowest BCUT2D eigenvalue weighted by Gasteiger charge is -2.32. The lowest BCUT2D eigenvalue weighted by molar-refractivity contribution is -0.137. The summed E-state index contributed by atoms with van der Waals surface area (Å²) in [6.45, 7) is 1.79. The van der Waals surface area contributed by atoms with Crippen molar-refractivity contribution in [3.63, 3.8) is 0 Å². The van der Waals surface area contributed by atoms with Gasteiger partial charge in [0, 0.05) is 6.04 Å². The van der Waals surface area contributed by atoms with Crippen LogP contribution in [0.2, 0.25) is 0 Å². The van der Waals surface area contributed by atoms with Crippen LogP contribution >= 0.6 is 0 Å². The Bertz CT molecular complexity index is 523. The Labute approximate surface area is 123 Å². The molecule has 1 nitrogen and oxygen atoms in total. The quantitative estimate of drug-likeness (QED) is 0.852. The average Bonchev–Trinajstić information content (AvgIpc) is 3.03. The zero-order valence-corrected chi connectivity index (χ0v) is 12.5. The number of fused-ring (bicyclic) bond motifs is 2. The van der Waals surface area contributed by atoms with Crippen molar-refractivity contribution in [2.75, 3.05) is 7.05 Å². The summed E-state index contributed by atoms with van der Waals surface area (Å²) < 4.78 is 38.4. The highest BCUT2D eigenvalue weighted by atomic mass is 19.4. The first-order chi connectivity index (χ1) is 9.90. The minimum Gasteiger partial charge on any atom is -0.313 e. The molecule has 4 atom stereocenters. The molecule has 2 aliphatic carbocycles. The molecule has 1 N–H and O–H groups in total. The molecule has 1 aromatic carbocycles. The summed E-state index contributed by atoms with van der Waals surface area (Å²) in [5.74, 6) is 2.16. The lowest BCUT2D eigenvalue weighted by atomic mass is 9.79. The van der Waals surface area contributed by atoms with E-state index in [9.17, 15) is 13.2 Å². The van der Waals surface area contributed by atoms with E-state index in [0.717, 1.165) is 23.0 Å². The van der Waals surface area contributed by atoms with E-state index in [1.165, 1.54) is 37.8 Å². The van der Waals surface area contributed by atoms with Gasteiger partial charge in [-0.05, 0) is 74.2 Å². The standard InChI is InChI=1S/C17H22F3N/c1-10-7-13(17(18,19)20)5-6-14(10)16(21-2)15-9-11-3-4-12(15)8-11/h5-7,11-12,15-16,21H,3-4,8-9H2,1-2H3. The van der Waals surface area contributed by atoms with Crippen molar-refractivity contribution in [1.29, 1.82) is 0 Å². The van der Waals surface area contributed by atoms with Gasteiger partial charge in [0.15, 0.2) is 0 Å². The molecule has 0 aromatic heterocycles. The number of halogens is 3. The van der Waals surface area contributed by atoms with Gasteiger partial charge in [-0.3, -0.25) is 0 Å². The highest BCUT2D eigenvalue weighted by Crippen LogP contribution is 2.52. The van der Waals surface area contributed by atoms with E-state index < -0.39 is 11.7 Å². The van der Waals surface area contributed by atoms with Crippen LogP contribution in [0.5, 0.6) is 0 Å². The van der Waals surface area contributed by atoms with E-state index in [1.54, 1.807) is 13.0 Å². The third kappa shape index (κ3) is 2.70. The van der Waals surface area contributed by atoms with E-state index >= 15 is 0 Å². The summed E-state index contributed by atoms with van der Waals surface area (Å²) in [5, 5.41) is 3.36. The first kappa shape index (κ1) is 14.9. The number of hydrogen-bond acceptors (Lipinski definition) is 1. The van der Waals surface area contributed by atoms with Crippen molar-refractivity contribution in [1.82, 2.24) is 5.32 Å². The fourth-order valence-corrected chi connectivity index (χ4v) is 4.50. The van der Waals surface area contributed by atoms with E-state index in [1.807, 2.05) is 7.05 Å². The molecule has 0 aliphatic heterocycles. The van der Waals surface area contributed by atoms with Crippen LogP contribution in [-0.4, -0.2) is 7.05 Å². The monoisotopic (exact) mass is 297 g/mol. The van der Waals surface area contributed by atoms with Crippen molar-refractivity contribution in [3.8, 4) is 0 Å². The Morgan fingerprint density at radius 1 is 1.19 bits per heavy atom. The molecule has 0 spiro atoms. The molecule has 2 fully saturated rings. The van der Waals surface area contributed by atoms with Crippen LogP contribution in [0.25, 0.3) is 0 Å². The lowest BCUT2D eigenvalue weighted by Crippen LogP contribution is -2.29. The Morgan fingerprint density at radius 2 is 1.95 bits per heavy atom. The minimum absolute atomic E-state index is 0.183. The van der Waals surface area contributed by atoms with Crippen molar-refractivity contribution in [2.24, 2.45) is 17.8 Å². The smallest absolute Gasteiger partial charge is 0.313 e. The fourth-order valence-electron chi connectivity index (χ4n) is 4.50. The number of benzene rings is 1. The molecule has 4 heteroatoms. The molecule has 1 aromatic rings. The zero-order chi connectivity index (χ0) is 15.2. The molecule has 0 amide bonds. The van der Waals surface area contributed by atoms with Crippen molar-refractivity contribution in [3.05, 3.63) is 34.9 Å². The Hall–Kier alpha value is -1.03. The summed E-state index contributed by atoms with van der Waals surface area (Å²) >= 11 is 0.